The van der Waals surface area contributed by atoms with Crippen molar-refractivity contribution in [2.45, 2.75) is 13.0 Å². The smallest absolute Gasteiger partial charge is 0.239 e. The third-order valence-corrected chi connectivity index (χ3v) is 4.13. The van der Waals surface area contributed by atoms with Crippen molar-refractivity contribution < 1.29 is 23.5 Å². The number of nitrogens with one attached hydrogen (secondary N) is 2. The minimum absolute atomic E-state index is 0.104. The van der Waals surface area contributed by atoms with Crippen LogP contribution >= 0.6 is 15.9 Å². The molecule has 7 nitrogen and oxygen atoms in total. The molecule has 0 aliphatic heterocycles. The average Bonchev–Trinajstić information content (AvgIpc) is 3.13. The zero-order valence-electron chi connectivity index (χ0n) is 13.9. The quantitative estimate of drug-likeness (QED) is 0.694. The Kier molecular flexibility index (Phi) is 6.88. The van der Waals surface area contributed by atoms with Crippen molar-refractivity contribution >= 4 is 27.7 Å². The van der Waals surface area contributed by atoms with Crippen LogP contribution in [0.4, 0.5) is 0 Å². The largest absolute Gasteiger partial charge is 0.493 e. The molecule has 0 fully saturated rings. The van der Waals surface area contributed by atoms with Crippen molar-refractivity contribution in [3.8, 4) is 11.5 Å². The molecule has 0 radical (unpaired) electrons. The second kappa shape index (κ2) is 9.12. The Hall–Kier alpha value is -2.48. The van der Waals surface area contributed by atoms with Crippen molar-refractivity contribution in [3.63, 3.8) is 0 Å². The molecule has 2 aromatic rings. The number of carbonyl (C=O) groups is 2. The molecule has 1 aromatic carbocycles. The maximum absolute atomic E-state index is 12.1. The van der Waals surface area contributed by atoms with E-state index < -0.39 is 0 Å². The summed E-state index contributed by atoms with van der Waals surface area (Å²) in [5.74, 6) is 1.17. The Balaban J connectivity index is 1.84. The Labute approximate surface area is 153 Å². The molecular formula is C17H19BrN2O5. The topological polar surface area (TPSA) is 89.8 Å². The number of methoxy groups -OCH3 is 2. The SMILES string of the molecule is COc1cc(Br)c(CC(=O)NCC(=O)NCc2ccco2)cc1OC. The molecule has 1 heterocycles. The summed E-state index contributed by atoms with van der Waals surface area (Å²) in [5.41, 5.74) is 0.728. The van der Waals surface area contributed by atoms with Gasteiger partial charge in [-0.25, -0.2) is 0 Å². The highest BCUT2D eigenvalue weighted by molar-refractivity contribution is 9.10. The molecule has 2 amide bonds. The fraction of sp³-hybridized carbons (Fsp3) is 0.294. The predicted octanol–water partition coefficient (Wildman–Crippen LogP) is 2.03. The highest BCUT2D eigenvalue weighted by atomic mass is 79.9. The Bertz CT molecular complexity index is 731. The lowest BCUT2D eigenvalue weighted by Crippen LogP contribution is -2.37. The molecule has 0 bridgehead atoms. The average molecular weight is 411 g/mol. The van der Waals surface area contributed by atoms with Gasteiger partial charge in [0.1, 0.15) is 5.76 Å². The maximum atomic E-state index is 12.1. The standard InChI is InChI=1S/C17H19BrN2O5/c1-23-14-6-11(13(18)8-15(14)24-2)7-16(21)20-10-17(22)19-9-12-4-3-5-25-12/h3-6,8H,7,9-10H2,1-2H3,(H,19,22)(H,20,21). The summed E-state index contributed by atoms with van der Waals surface area (Å²) in [5, 5.41) is 5.24. The van der Waals surface area contributed by atoms with Gasteiger partial charge in [0.15, 0.2) is 11.5 Å². The first-order valence-electron chi connectivity index (χ1n) is 7.49. The number of halogens is 1. The molecule has 0 atom stereocenters. The van der Waals surface area contributed by atoms with Gasteiger partial charge in [-0.05, 0) is 29.8 Å². The third kappa shape index (κ3) is 5.53. The van der Waals surface area contributed by atoms with E-state index in [0.29, 0.717) is 17.3 Å². The van der Waals surface area contributed by atoms with Gasteiger partial charge in [-0.2, -0.15) is 0 Å². The number of ether oxygens (including phenoxy) is 2. The minimum atomic E-state index is -0.295. The maximum Gasteiger partial charge on any atom is 0.239 e. The van der Waals surface area contributed by atoms with E-state index >= 15 is 0 Å². The van der Waals surface area contributed by atoms with E-state index in [2.05, 4.69) is 26.6 Å². The van der Waals surface area contributed by atoms with Crippen LogP contribution in [0, 0.1) is 0 Å². The Morgan fingerprint density at radius 2 is 1.84 bits per heavy atom. The van der Waals surface area contributed by atoms with Gasteiger partial charge in [0.25, 0.3) is 0 Å². The lowest BCUT2D eigenvalue weighted by Gasteiger charge is -2.12. The van der Waals surface area contributed by atoms with E-state index in [1.165, 1.54) is 20.5 Å². The van der Waals surface area contributed by atoms with Crippen molar-refractivity contribution in [1.29, 1.82) is 0 Å². The molecule has 0 saturated heterocycles. The summed E-state index contributed by atoms with van der Waals surface area (Å²) in [6, 6.07) is 6.95. The van der Waals surface area contributed by atoms with E-state index in [4.69, 9.17) is 13.9 Å². The molecule has 0 spiro atoms. The third-order valence-electron chi connectivity index (χ3n) is 3.39. The van der Waals surface area contributed by atoms with Crippen LogP contribution in [-0.2, 0) is 22.6 Å². The molecule has 2 N–H and O–H groups in total. The lowest BCUT2D eigenvalue weighted by atomic mass is 10.1. The van der Waals surface area contributed by atoms with Crippen molar-refractivity contribution in [2.24, 2.45) is 0 Å². The van der Waals surface area contributed by atoms with Crippen molar-refractivity contribution in [2.75, 3.05) is 20.8 Å². The van der Waals surface area contributed by atoms with Gasteiger partial charge >= 0.3 is 0 Å². The van der Waals surface area contributed by atoms with E-state index in [1.807, 2.05) is 0 Å². The highest BCUT2D eigenvalue weighted by Gasteiger charge is 2.13. The molecule has 25 heavy (non-hydrogen) atoms. The van der Waals surface area contributed by atoms with Gasteiger partial charge in [-0.15, -0.1) is 0 Å². The molecule has 0 aliphatic rings. The van der Waals surface area contributed by atoms with Gasteiger partial charge < -0.3 is 24.5 Å². The van der Waals surface area contributed by atoms with Gasteiger partial charge in [-0.1, -0.05) is 15.9 Å². The fourth-order valence-corrected chi connectivity index (χ4v) is 2.57. The number of furan rings is 1. The van der Waals surface area contributed by atoms with Crippen LogP contribution in [0.5, 0.6) is 11.5 Å². The number of hydrogen-bond acceptors (Lipinski definition) is 5. The number of rotatable bonds is 8. The summed E-state index contributed by atoms with van der Waals surface area (Å²) in [6.07, 6.45) is 1.64. The molecule has 2 rings (SSSR count). The van der Waals surface area contributed by atoms with E-state index in [9.17, 15) is 9.59 Å². The van der Waals surface area contributed by atoms with Gasteiger partial charge in [0.05, 0.1) is 40.0 Å². The Morgan fingerprint density at radius 1 is 1.12 bits per heavy atom. The molecule has 0 saturated carbocycles. The first kappa shape index (κ1) is 18.9. The molecular weight excluding hydrogens is 392 g/mol. The van der Waals surface area contributed by atoms with E-state index in [0.717, 1.165) is 10.0 Å². The van der Waals surface area contributed by atoms with Gasteiger partial charge in [-0.3, -0.25) is 9.59 Å². The van der Waals surface area contributed by atoms with Crippen LogP contribution in [-0.4, -0.2) is 32.6 Å². The van der Waals surface area contributed by atoms with E-state index in [-0.39, 0.29) is 31.3 Å². The van der Waals surface area contributed by atoms with Gasteiger partial charge in [0, 0.05) is 4.47 Å². The van der Waals surface area contributed by atoms with Crippen LogP contribution < -0.4 is 20.1 Å². The summed E-state index contributed by atoms with van der Waals surface area (Å²) in [6.45, 7) is 0.174. The van der Waals surface area contributed by atoms with Crippen molar-refractivity contribution in [1.82, 2.24) is 10.6 Å². The summed E-state index contributed by atoms with van der Waals surface area (Å²) < 4.78 is 16.3. The second-order valence-corrected chi connectivity index (χ2v) is 5.96. The van der Waals surface area contributed by atoms with E-state index in [1.54, 1.807) is 24.3 Å². The number of hydrogen-bond donors (Lipinski definition) is 2. The first-order chi connectivity index (χ1) is 12.0. The minimum Gasteiger partial charge on any atom is -0.493 e. The molecule has 8 heteroatoms. The zero-order chi connectivity index (χ0) is 18.2. The van der Waals surface area contributed by atoms with Crippen molar-refractivity contribution in [3.05, 3.63) is 46.3 Å². The molecule has 0 unspecified atom stereocenters. The highest BCUT2D eigenvalue weighted by Crippen LogP contribution is 2.33. The van der Waals surface area contributed by atoms with Crippen LogP contribution in [0.2, 0.25) is 0 Å². The summed E-state index contributed by atoms with van der Waals surface area (Å²) >= 11 is 3.40. The number of carbonyl (C=O) groups excluding carboxylic acids is 2. The predicted molar refractivity (Wildman–Crippen MR) is 94.5 cm³/mol. The lowest BCUT2D eigenvalue weighted by molar-refractivity contribution is -0.125. The monoisotopic (exact) mass is 410 g/mol. The Morgan fingerprint density at radius 3 is 2.48 bits per heavy atom. The first-order valence-corrected chi connectivity index (χ1v) is 8.29. The molecule has 0 aliphatic carbocycles. The summed E-state index contributed by atoms with van der Waals surface area (Å²) in [4.78, 5) is 23.8. The molecule has 1 aromatic heterocycles. The van der Waals surface area contributed by atoms with Crippen LogP contribution in [0.3, 0.4) is 0 Å². The zero-order valence-corrected chi connectivity index (χ0v) is 15.5. The van der Waals surface area contributed by atoms with Crippen LogP contribution in [0.15, 0.2) is 39.4 Å². The summed E-state index contributed by atoms with van der Waals surface area (Å²) in [7, 11) is 3.07. The number of amides is 2. The normalized spacial score (nSPS) is 10.2. The van der Waals surface area contributed by atoms with Crippen LogP contribution in [0.25, 0.3) is 0 Å². The fourth-order valence-electron chi connectivity index (χ4n) is 2.11. The second-order valence-electron chi connectivity index (χ2n) is 5.11. The van der Waals surface area contributed by atoms with Crippen LogP contribution in [0.1, 0.15) is 11.3 Å². The van der Waals surface area contributed by atoms with Gasteiger partial charge in [0.2, 0.25) is 11.8 Å². The molecule has 134 valence electrons. The number of benzene rings is 1.